The van der Waals surface area contributed by atoms with Gasteiger partial charge in [-0.05, 0) is 64.9 Å². The second-order valence-corrected chi connectivity index (χ2v) is 14.5. The molecule has 0 bridgehead atoms. The van der Waals surface area contributed by atoms with E-state index in [1.165, 1.54) is 4.70 Å². The first-order chi connectivity index (χ1) is 23.9. The monoisotopic (exact) mass is 696 g/mol. The van der Waals surface area contributed by atoms with Crippen LogP contribution in [0.5, 0.6) is 0 Å². The largest absolute Gasteiger partial charge is 0.481 e. The lowest BCUT2D eigenvalue weighted by molar-refractivity contribution is -0.245. The van der Waals surface area contributed by atoms with Crippen molar-refractivity contribution in [2.75, 3.05) is 5.75 Å². The van der Waals surface area contributed by atoms with Gasteiger partial charge in [-0.25, -0.2) is 4.98 Å². The Hall–Kier alpha value is -4.06. The van der Waals surface area contributed by atoms with Gasteiger partial charge in [0, 0.05) is 37.1 Å². The van der Waals surface area contributed by atoms with Crippen molar-refractivity contribution in [1.82, 2.24) is 10.3 Å². The fourth-order valence-corrected chi connectivity index (χ4v) is 7.97. The van der Waals surface area contributed by atoms with Gasteiger partial charge in [0.05, 0.1) is 29.0 Å². The number of carboxylic acids is 1. The van der Waals surface area contributed by atoms with E-state index in [0.717, 1.165) is 55.4 Å². The number of fused-ring (bicyclic) bond motifs is 1. The molecule has 5 aromatic rings. The number of benzene rings is 4. The minimum atomic E-state index is -0.803. The van der Waals surface area contributed by atoms with Gasteiger partial charge in [-0.1, -0.05) is 91.0 Å². The summed E-state index contributed by atoms with van der Waals surface area (Å²) in [4.78, 5) is 27.8. The fraction of sp³-hybridized carbons (Fsp3) is 0.308. The Bertz CT molecular complexity index is 1830. The average molecular weight is 697 g/mol. The Morgan fingerprint density at radius 2 is 1.61 bits per heavy atom. The maximum absolute atomic E-state index is 12.4. The van der Waals surface area contributed by atoms with Gasteiger partial charge in [0.2, 0.25) is 5.91 Å². The first-order valence-electron chi connectivity index (χ1n) is 16.6. The van der Waals surface area contributed by atoms with Crippen LogP contribution in [-0.2, 0) is 32.2 Å². The van der Waals surface area contributed by atoms with Crippen molar-refractivity contribution in [2.45, 2.75) is 74.5 Å². The number of carbonyl (C=O) groups is 2. The molecule has 0 spiro atoms. The predicted octanol–water partition coefficient (Wildman–Crippen LogP) is 8.44. The van der Waals surface area contributed by atoms with E-state index in [-0.39, 0.29) is 31.1 Å². The van der Waals surface area contributed by atoms with Gasteiger partial charge in [-0.15, -0.1) is 11.3 Å². The number of carbonyl (C=O) groups excluding carboxylic acids is 1. The summed E-state index contributed by atoms with van der Waals surface area (Å²) < 4.78 is 15.4. The highest BCUT2D eigenvalue weighted by atomic mass is 32.2. The normalized spacial score (nSPS) is 17.6. The van der Waals surface area contributed by atoms with E-state index >= 15 is 0 Å². The van der Waals surface area contributed by atoms with Crippen molar-refractivity contribution in [3.8, 4) is 11.1 Å². The van der Waals surface area contributed by atoms with Gasteiger partial charge in [-0.3, -0.25) is 9.59 Å². The van der Waals surface area contributed by atoms with E-state index in [2.05, 4.69) is 35.6 Å². The predicted molar refractivity (Wildman–Crippen MR) is 193 cm³/mol. The topological polar surface area (TPSA) is 118 Å². The summed E-state index contributed by atoms with van der Waals surface area (Å²) in [7, 11) is 0. The first-order valence-corrected chi connectivity index (χ1v) is 18.4. The van der Waals surface area contributed by atoms with E-state index in [1.54, 1.807) is 23.1 Å². The van der Waals surface area contributed by atoms with E-state index in [1.807, 2.05) is 66.7 Å². The molecule has 1 aromatic heterocycles. The van der Waals surface area contributed by atoms with Crippen LogP contribution in [0.25, 0.3) is 21.3 Å². The highest BCUT2D eigenvalue weighted by Gasteiger charge is 2.32. The molecule has 1 amide bonds. The molecule has 254 valence electrons. The molecule has 3 N–H and O–H groups in total. The van der Waals surface area contributed by atoms with Gasteiger partial charge in [0.15, 0.2) is 10.6 Å². The molecule has 2 heterocycles. The summed E-state index contributed by atoms with van der Waals surface area (Å²) in [5.74, 6) is -0.102. The number of ether oxygens (including phenoxy) is 2. The van der Waals surface area contributed by atoms with Crippen molar-refractivity contribution < 1.29 is 29.3 Å². The summed E-state index contributed by atoms with van der Waals surface area (Å²) in [6.45, 7) is 0.413. The molecule has 3 unspecified atom stereocenters. The molecule has 1 fully saturated rings. The van der Waals surface area contributed by atoms with Crippen LogP contribution in [0.4, 0.5) is 0 Å². The summed E-state index contributed by atoms with van der Waals surface area (Å²) >= 11 is 3.41. The summed E-state index contributed by atoms with van der Waals surface area (Å²) in [5, 5.41) is 21.3. The molecule has 0 saturated carbocycles. The van der Waals surface area contributed by atoms with Crippen molar-refractivity contribution in [1.29, 1.82) is 0 Å². The lowest BCUT2D eigenvalue weighted by Crippen LogP contribution is -2.31. The molecule has 1 aliphatic rings. The van der Waals surface area contributed by atoms with E-state index in [9.17, 15) is 14.7 Å². The lowest BCUT2D eigenvalue weighted by atomic mass is 9.99. The van der Waals surface area contributed by atoms with Crippen LogP contribution >= 0.6 is 23.1 Å². The third-order valence-corrected chi connectivity index (χ3v) is 10.8. The number of aromatic nitrogens is 1. The number of nitrogens with zero attached hydrogens (tertiary/aromatic N) is 1. The molecule has 49 heavy (non-hydrogen) atoms. The standard InChI is InChI=1S/C39H40N2O6S2/c42-24-26-16-18-28(19-17-26)34-22-32(25-48-39-41-33-12-4-5-13-35(33)49-39)46-38(47-34)31-11-7-10-30(21-31)29-9-6-8-27(20-29)23-40-36(43)14-2-1-3-15-37(44)45/h4-13,16-21,32,34,38,42H,1-3,14-15,22-25H2,(H,40,43)(H,44,45). The highest BCUT2D eigenvalue weighted by Crippen LogP contribution is 2.41. The van der Waals surface area contributed by atoms with Crippen LogP contribution in [0.3, 0.4) is 0 Å². The smallest absolute Gasteiger partial charge is 0.303 e. The van der Waals surface area contributed by atoms with Crippen molar-refractivity contribution in [2.24, 2.45) is 0 Å². The number of amides is 1. The number of hydrogen-bond acceptors (Lipinski definition) is 8. The number of unbranched alkanes of at least 4 members (excludes halogenated alkanes) is 2. The van der Waals surface area contributed by atoms with Gasteiger partial charge < -0.3 is 25.0 Å². The van der Waals surface area contributed by atoms with Crippen molar-refractivity contribution in [3.05, 3.63) is 119 Å². The van der Waals surface area contributed by atoms with Gasteiger partial charge in [0.1, 0.15) is 0 Å². The summed E-state index contributed by atoms with van der Waals surface area (Å²) in [6, 6.07) is 32.4. The van der Waals surface area contributed by atoms with Crippen LogP contribution in [0, 0.1) is 0 Å². The molecule has 0 aliphatic carbocycles. The number of nitrogens with one attached hydrogen (secondary N) is 1. The number of carboxylic acid groups (broad SMARTS) is 1. The Morgan fingerprint density at radius 3 is 2.41 bits per heavy atom. The van der Waals surface area contributed by atoms with Crippen LogP contribution in [-0.4, -0.2) is 38.9 Å². The number of rotatable bonds is 15. The van der Waals surface area contributed by atoms with Crippen LogP contribution in [0.2, 0.25) is 0 Å². The Kier molecular flexibility index (Phi) is 12.1. The molecule has 0 radical (unpaired) electrons. The molecule has 1 saturated heterocycles. The van der Waals surface area contributed by atoms with Gasteiger partial charge in [-0.2, -0.15) is 0 Å². The van der Waals surface area contributed by atoms with E-state index in [0.29, 0.717) is 32.2 Å². The second kappa shape index (κ2) is 17.0. The summed E-state index contributed by atoms with van der Waals surface area (Å²) in [5.41, 5.74) is 6.87. The molecule has 8 nitrogen and oxygen atoms in total. The minimum Gasteiger partial charge on any atom is -0.481 e. The summed E-state index contributed by atoms with van der Waals surface area (Å²) in [6.07, 6.45) is 2.37. The average Bonchev–Trinajstić information content (AvgIpc) is 3.56. The zero-order chi connectivity index (χ0) is 34.0. The Morgan fingerprint density at radius 1 is 0.837 bits per heavy atom. The van der Waals surface area contributed by atoms with Crippen LogP contribution < -0.4 is 5.32 Å². The van der Waals surface area contributed by atoms with E-state index in [4.69, 9.17) is 19.6 Å². The Labute approximate surface area is 294 Å². The number of hydrogen-bond donors (Lipinski definition) is 3. The highest BCUT2D eigenvalue weighted by molar-refractivity contribution is 8.01. The molecular weight excluding hydrogens is 657 g/mol. The zero-order valence-corrected chi connectivity index (χ0v) is 28.8. The van der Waals surface area contributed by atoms with Gasteiger partial charge in [0.25, 0.3) is 0 Å². The molecule has 10 heteroatoms. The molecule has 4 aromatic carbocycles. The number of aliphatic hydroxyl groups is 1. The third-order valence-electron chi connectivity index (χ3n) is 8.49. The number of thiazole rings is 1. The maximum atomic E-state index is 12.4. The first kappa shape index (κ1) is 34.8. The SMILES string of the molecule is O=C(O)CCCCCC(=O)NCc1cccc(-c2cccc(C3OC(CSc4nc5ccccc5s4)CC(c4ccc(CO)cc4)O3)c2)c1. The van der Waals surface area contributed by atoms with Crippen molar-refractivity contribution >= 4 is 45.2 Å². The molecule has 6 rings (SSSR count). The molecule has 1 aliphatic heterocycles. The van der Waals surface area contributed by atoms with E-state index < -0.39 is 12.3 Å². The number of thioether (sulfide) groups is 1. The maximum Gasteiger partial charge on any atom is 0.303 e. The number of para-hydroxylation sites is 1. The second-order valence-electron chi connectivity index (χ2n) is 12.2. The number of aliphatic carboxylic acids is 1. The minimum absolute atomic E-state index is 0.00445. The van der Waals surface area contributed by atoms with Crippen LogP contribution in [0.15, 0.2) is 101 Å². The third kappa shape index (κ3) is 9.77. The molecular formula is C39H40N2O6S2. The lowest BCUT2D eigenvalue weighted by Gasteiger charge is -2.36. The fourth-order valence-electron chi connectivity index (χ4n) is 5.85. The zero-order valence-electron chi connectivity index (χ0n) is 27.1. The number of aliphatic hydroxyl groups excluding tert-OH is 1. The van der Waals surface area contributed by atoms with Gasteiger partial charge >= 0.3 is 5.97 Å². The molecule has 3 atom stereocenters. The van der Waals surface area contributed by atoms with Crippen molar-refractivity contribution in [3.63, 3.8) is 0 Å². The van der Waals surface area contributed by atoms with Crippen LogP contribution in [0.1, 0.15) is 73.2 Å². The quantitative estimate of drug-likeness (QED) is 0.0738. The Balaban J connectivity index is 1.13.